The van der Waals surface area contributed by atoms with E-state index in [4.69, 9.17) is 9.84 Å². The van der Waals surface area contributed by atoms with Crippen LogP contribution in [0.15, 0.2) is 21.8 Å². The van der Waals surface area contributed by atoms with Gasteiger partial charge in [0.2, 0.25) is 5.82 Å². The lowest BCUT2D eigenvalue weighted by atomic mass is 10.2. The second-order valence-corrected chi connectivity index (χ2v) is 5.84. The smallest absolute Gasteiger partial charge is 0.337 e. The van der Waals surface area contributed by atoms with Crippen molar-refractivity contribution in [3.05, 3.63) is 33.4 Å². The van der Waals surface area contributed by atoms with Crippen LogP contribution in [0.5, 0.6) is 5.75 Å². The molecular weight excluding hydrogens is 406 g/mol. The largest absolute Gasteiger partial charge is 0.491 e. The molecule has 0 radical (unpaired) electrons. The molecule has 0 spiro atoms. The van der Waals surface area contributed by atoms with Crippen molar-refractivity contribution in [1.82, 2.24) is 4.90 Å². The van der Waals surface area contributed by atoms with Gasteiger partial charge in [-0.2, -0.15) is 4.39 Å². The topological polar surface area (TPSA) is 88.1 Å². The van der Waals surface area contributed by atoms with E-state index in [0.717, 1.165) is 14.2 Å². The van der Waals surface area contributed by atoms with Gasteiger partial charge in [0, 0.05) is 6.54 Å². The Morgan fingerprint density at radius 2 is 2.08 bits per heavy atom. The number of β-amino-alcohol motifs (C(OH)–C–C–N with tert-alkyl or cyclic N) is 1. The van der Waals surface area contributed by atoms with Crippen LogP contribution in [-0.4, -0.2) is 55.8 Å². The number of hydrogen-bond donors (Lipinski definition) is 2. The van der Waals surface area contributed by atoms with Crippen molar-refractivity contribution in [2.24, 2.45) is 0 Å². The van der Waals surface area contributed by atoms with Gasteiger partial charge in [-0.3, -0.25) is 4.79 Å². The normalized spacial score (nSPS) is 14.2. The van der Waals surface area contributed by atoms with Crippen molar-refractivity contribution >= 4 is 33.5 Å². The van der Waals surface area contributed by atoms with Gasteiger partial charge in [0.15, 0.2) is 11.6 Å². The summed E-state index contributed by atoms with van der Waals surface area (Å²) in [6, 6.07) is 1.18. The lowest BCUT2D eigenvalue weighted by molar-refractivity contribution is -0.136. The number of benzene rings is 1. The number of ether oxygens (including phenoxy) is 2. The van der Waals surface area contributed by atoms with Crippen LogP contribution in [0.25, 0.3) is 0 Å². The molecule has 25 heavy (non-hydrogen) atoms. The molecule has 2 N–H and O–H groups in total. The first-order chi connectivity index (χ1) is 11.8. The fourth-order valence-corrected chi connectivity index (χ4v) is 2.76. The molecule has 136 valence electrons. The van der Waals surface area contributed by atoms with Crippen molar-refractivity contribution in [1.29, 1.82) is 0 Å². The number of aliphatic hydroxyl groups is 1. The van der Waals surface area contributed by atoms with Gasteiger partial charge < -0.3 is 24.8 Å². The number of rotatable bonds is 6. The van der Waals surface area contributed by atoms with Crippen molar-refractivity contribution < 1.29 is 33.0 Å². The van der Waals surface area contributed by atoms with Gasteiger partial charge in [-0.1, -0.05) is 0 Å². The highest BCUT2D eigenvalue weighted by Crippen LogP contribution is 2.36. The minimum Gasteiger partial charge on any atom is -0.491 e. The molecule has 0 unspecified atom stereocenters. The van der Waals surface area contributed by atoms with Gasteiger partial charge in [-0.25, -0.2) is 9.18 Å². The summed E-state index contributed by atoms with van der Waals surface area (Å²) in [5.41, 5.74) is -0.204. The second-order valence-electron chi connectivity index (χ2n) is 4.99. The molecule has 0 saturated heterocycles. The average Bonchev–Trinajstić information content (AvgIpc) is 2.89. The van der Waals surface area contributed by atoms with E-state index >= 15 is 0 Å². The minimum atomic E-state index is -1.25. The predicted molar refractivity (Wildman–Crippen MR) is 86.9 cm³/mol. The van der Waals surface area contributed by atoms with Gasteiger partial charge in [-0.05, 0) is 22.0 Å². The Balaban J connectivity index is 2.49. The molecular formula is C15H15BrF2N2O5. The highest BCUT2D eigenvalue weighted by molar-refractivity contribution is 9.10. The summed E-state index contributed by atoms with van der Waals surface area (Å²) in [5, 5.41) is 11.6. The van der Waals surface area contributed by atoms with E-state index in [-0.39, 0.29) is 41.1 Å². The number of halogens is 3. The van der Waals surface area contributed by atoms with Crippen LogP contribution in [0, 0.1) is 11.6 Å². The Morgan fingerprint density at radius 1 is 1.40 bits per heavy atom. The predicted octanol–water partition coefficient (Wildman–Crippen LogP) is 1.41. The van der Waals surface area contributed by atoms with Crippen LogP contribution in [0.4, 0.5) is 14.5 Å². The summed E-state index contributed by atoms with van der Waals surface area (Å²) < 4.78 is 37.0. The minimum absolute atomic E-state index is 0.00309. The first-order valence-electron chi connectivity index (χ1n) is 7.05. The molecule has 2 rings (SSSR count). The van der Waals surface area contributed by atoms with Crippen LogP contribution >= 0.6 is 15.9 Å². The molecule has 0 aromatic heterocycles. The zero-order valence-corrected chi connectivity index (χ0v) is 14.9. The first kappa shape index (κ1) is 19.1. The zero-order chi connectivity index (χ0) is 18.7. The van der Waals surface area contributed by atoms with E-state index in [1.165, 1.54) is 11.0 Å². The number of esters is 1. The molecule has 1 aliphatic heterocycles. The van der Waals surface area contributed by atoms with Gasteiger partial charge in [0.25, 0.3) is 5.91 Å². The SMILES string of the molecule is COC(=O)C1=C(Nc2cc(Br)c(F)c(F)c2OC)C(=O)N(CCO)C1. The Bertz CT molecular complexity index is 754. The summed E-state index contributed by atoms with van der Waals surface area (Å²) in [6.45, 7) is -0.377. The summed E-state index contributed by atoms with van der Waals surface area (Å²) >= 11 is 2.87. The third-order valence-electron chi connectivity index (χ3n) is 3.53. The number of methoxy groups -OCH3 is 2. The van der Waals surface area contributed by atoms with E-state index in [1.54, 1.807) is 0 Å². The van der Waals surface area contributed by atoms with E-state index in [2.05, 4.69) is 26.0 Å². The van der Waals surface area contributed by atoms with E-state index in [9.17, 15) is 18.4 Å². The lowest BCUT2D eigenvalue weighted by Crippen LogP contribution is -2.31. The number of nitrogens with one attached hydrogen (secondary N) is 1. The molecule has 1 heterocycles. The number of hydrogen-bond acceptors (Lipinski definition) is 6. The van der Waals surface area contributed by atoms with E-state index in [0.29, 0.717) is 0 Å². The van der Waals surface area contributed by atoms with E-state index in [1.807, 2.05) is 0 Å². The zero-order valence-electron chi connectivity index (χ0n) is 13.4. The lowest BCUT2D eigenvalue weighted by Gasteiger charge is -2.16. The van der Waals surface area contributed by atoms with Gasteiger partial charge >= 0.3 is 5.97 Å². The molecule has 0 fully saturated rings. The Labute approximate surface area is 150 Å². The number of anilines is 1. The molecule has 0 atom stereocenters. The molecule has 1 aromatic carbocycles. The maximum Gasteiger partial charge on any atom is 0.337 e. The average molecular weight is 421 g/mol. The number of aliphatic hydroxyl groups excluding tert-OH is 1. The maximum atomic E-state index is 14.0. The van der Waals surface area contributed by atoms with Gasteiger partial charge in [0.1, 0.15) is 5.70 Å². The van der Waals surface area contributed by atoms with Crippen LogP contribution < -0.4 is 10.1 Å². The van der Waals surface area contributed by atoms with Gasteiger partial charge in [0.05, 0.1) is 43.1 Å². The van der Waals surface area contributed by atoms with Crippen LogP contribution in [0.3, 0.4) is 0 Å². The Kier molecular flexibility index (Phi) is 5.96. The van der Waals surface area contributed by atoms with Crippen LogP contribution in [-0.2, 0) is 14.3 Å². The second kappa shape index (κ2) is 7.79. The molecule has 1 aliphatic rings. The molecule has 0 saturated carbocycles. The van der Waals surface area contributed by atoms with Crippen molar-refractivity contribution in [3.8, 4) is 5.75 Å². The molecule has 7 nitrogen and oxygen atoms in total. The summed E-state index contributed by atoms with van der Waals surface area (Å²) in [5.74, 6) is -4.19. The first-order valence-corrected chi connectivity index (χ1v) is 7.85. The number of carbonyl (C=O) groups is 2. The van der Waals surface area contributed by atoms with E-state index < -0.39 is 29.3 Å². The van der Waals surface area contributed by atoms with Gasteiger partial charge in [-0.15, -0.1) is 0 Å². The number of carbonyl (C=O) groups excluding carboxylic acids is 2. The Morgan fingerprint density at radius 3 is 2.64 bits per heavy atom. The number of amides is 1. The molecule has 10 heteroatoms. The fraction of sp³-hybridized carbons (Fsp3) is 0.333. The van der Waals surface area contributed by atoms with Crippen LogP contribution in [0.1, 0.15) is 0 Å². The third kappa shape index (κ3) is 3.59. The standard InChI is InChI=1S/C15H15BrF2N2O5/c1-24-13-9(5-8(16)10(17)11(13)18)19-12-7(15(23)25-2)6-20(3-4-21)14(12)22/h5,19,21H,3-4,6H2,1-2H3. The van der Waals surface area contributed by atoms with Crippen molar-refractivity contribution in [3.63, 3.8) is 0 Å². The summed E-state index contributed by atoms with van der Waals surface area (Å²) in [7, 11) is 2.29. The molecule has 0 bridgehead atoms. The van der Waals surface area contributed by atoms with Crippen molar-refractivity contribution in [2.75, 3.05) is 39.2 Å². The maximum absolute atomic E-state index is 14.0. The summed E-state index contributed by atoms with van der Waals surface area (Å²) in [4.78, 5) is 25.6. The monoisotopic (exact) mass is 420 g/mol. The van der Waals surface area contributed by atoms with Crippen LogP contribution in [0.2, 0.25) is 0 Å². The third-order valence-corrected chi connectivity index (χ3v) is 4.11. The molecule has 1 aromatic rings. The Hall–Kier alpha value is -2.20. The molecule has 1 amide bonds. The molecule has 0 aliphatic carbocycles. The highest BCUT2D eigenvalue weighted by Gasteiger charge is 2.35. The fourth-order valence-electron chi connectivity index (χ4n) is 2.35. The summed E-state index contributed by atoms with van der Waals surface area (Å²) in [6.07, 6.45) is 0. The number of nitrogens with zero attached hydrogens (tertiary/aromatic N) is 1. The highest BCUT2D eigenvalue weighted by atomic mass is 79.9. The quantitative estimate of drug-likeness (QED) is 0.534. The van der Waals surface area contributed by atoms with Crippen molar-refractivity contribution in [2.45, 2.75) is 0 Å².